The van der Waals surface area contributed by atoms with E-state index in [1.54, 1.807) is 29.2 Å². The number of hydrogen-bond donors (Lipinski definition) is 1. The summed E-state index contributed by atoms with van der Waals surface area (Å²) in [6, 6.07) is 7.76. The minimum Gasteiger partial charge on any atom is -0.338 e. The van der Waals surface area contributed by atoms with E-state index in [0.717, 1.165) is 12.1 Å². The summed E-state index contributed by atoms with van der Waals surface area (Å²) < 4.78 is 81.4. The van der Waals surface area contributed by atoms with Crippen molar-refractivity contribution in [1.82, 2.24) is 4.98 Å². The molecule has 4 rings (SSSR count). The van der Waals surface area contributed by atoms with Gasteiger partial charge in [0.2, 0.25) is 0 Å². The van der Waals surface area contributed by atoms with E-state index in [2.05, 4.69) is 4.98 Å². The van der Waals surface area contributed by atoms with Gasteiger partial charge in [-0.3, -0.25) is 4.98 Å². The number of nitrogens with zero attached hydrogens (tertiary/aromatic N) is 2. The molecule has 0 saturated heterocycles. The highest BCUT2D eigenvalue weighted by atomic mass is 35.5. The van der Waals surface area contributed by atoms with Gasteiger partial charge in [0, 0.05) is 34.4 Å². The quantitative estimate of drug-likeness (QED) is 0.393. The van der Waals surface area contributed by atoms with Gasteiger partial charge in [-0.15, -0.1) is 0 Å². The molecular formula is C23H20ClF6N3. The average Bonchev–Trinajstić information content (AvgIpc) is 2.74. The monoisotopic (exact) mass is 487 g/mol. The minimum absolute atomic E-state index is 0.0525. The predicted octanol–water partition coefficient (Wildman–Crippen LogP) is 7.33. The first-order valence-electron chi connectivity index (χ1n) is 10.3. The molecule has 0 bridgehead atoms. The molecule has 1 aromatic heterocycles. The number of rotatable bonds is 3. The predicted molar refractivity (Wildman–Crippen MR) is 116 cm³/mol. The van der Waals surface area contributed by atoms with Crippen LogP contribution in [-0.2, 0) is 12.4 Å². The van der Waals surface area contributed by atoms with Crippen LogP contribution < -0.4 is 10.6 Å². The Morgan fingerprint density at radius 2 is 1.45 bits per heavy atom. The molecule has 3 aromatic rings. The Hall–Kier alpha value is -2.52. The van der Waals surface area contributed by atoms with Gasteiger partial charge in [-0.25, -0.2) is 0 Å². The number of halogens is 7. The first kappa shape index (κ1) is 23.6. The molecule has 3 nitrogen and oxygen atoms in total. The Morgan fingerprint density at radius 1 is 0.848 bits per heavy atom. The van der Waals surface area contributed by atoms with Crippen LogP contribution in [0.25, 0.3) is 10.9 Å². The number of anilines is 2. The summed E-state index contributed by atoms with van der Waals surface area (Å²) in [5, 5.41) is 0.989. The van der Waals surface area contributed by atoms with Gasteiger partial charge in [0.25, 0.3) is 0 Å². The van der Waals surface area contributed by atoms with E-state index in [0.29, 0.717) is 47.3 Å². The molecule has 0 spiro atoms. The maximum Gasteiger partial charge on any atom is 0.416 e. The van der Waals surface area contributed by atoms with Gasteiger partial charge in [0.05, 0.1) is 22.3 Å². The van der Waals surface area contributed by atoms with Crippen molar-refractivity contribution >= 4 is 33.9 Å². The summed E-state index contributed by atoms with van der Waals surface area (Å²) in [5.41, 5.74) is 4.06. The Bertz CT molecular complexity index is 1120. The maximum absolute atomic E-state index is 13.6. The molecule has 1 fully saturated rings. The van der Waals surface area contributed by atoms with Gasteiger partial charge in [0.15, 0.2) is 0 Å². The van der Waals surface area contributed by atoms with Crippen LogP contribution in [0.3, 0.4) is 0 Å². The van der Waals surface area contributed by atoms with Crippen LogP contribution in [0.5, 0.6) is 0 Å². The van der Waals surface area contributed by atoms with E-state index >= 15 is 0 Å². The second kappa shape index (κ2) is 8.68. The maximum atomic E-state index is 13.6. The van der Waals surface area contributed by atoms with Crippen LogP contribution in [0.1, 0.15) is 36.8 Å². The summed E-state index contributed by atoms with van der Waals surface area (Å²) in [7, 11) is 0. The van der Waals surface area contributed by atoms with Crippen LogP contribution in [0.2, 0.25) is 5.02 Å². The highest BCUT2D eigenvalue weighted by molar-refractivity contribution is 6.31. The molecule has 1 aliphatic carbocycles. The fourth-order valence-corrected chi connectivity index (χ4v) is 4.47. The van der Waals surface area contributed by atoms with E-state index in [1.807, 2.05) is 0 Å². The normalized spacial score (nSPS) is 19.6. The summed E-state index contributed by atoms with van der Waals surface area (Å²) in [6.07, 6.45) is -6.14. The van der Waals surface area contributed by atoms with Gasteiger partial charge in [-0.05, 0) is 68.1 Å². The lowest BCUT2D eigenvalue weighted by Crippen LogP contribution is -2.38. The largest absolute Gasteiger partial charge is 0.416 e. The van der Waals surface area contributed by atoms with Crippen molar-refractivity contribution < 1.29 is 26.3 Å². The molecule has 176 valence electrons. The fraction of sp³-hybridized carbons (Fsp3) is 0.348. The van der Waals surface area contributed by atoms with Crippen molar-refractivity contribution in [3.8, 4) is 0 Å². The SMILES string of the molecule is NC1CCC(N(c2cc(C(F)(F)F)cc(C(F)(F)F)c2)c2ccnc3cc(Cl)ccc23)CC1. The third-order valence-corrected chi connectivity index (χ3v) is 6.13. The molecule has 1 aliphatic rings. The first-order chi connectivity index (χ1) is 15.4. The highest BCUT2D eigenvalue weighted by Crippen LogP contribution is 2.43. The summed E-state index contributed by atoms with van der Waals surface area (Å²) in [4.78, 5) is 5.82. The average molecular weight is 488 g/mol. The Morgan fingerprint density at radius 3 is 2.03 bits per heavy atom. The first-order valence-corrected chi connectivity index (χ1v) is 10.7. The third kappa shape index (κ3) is 5.04. The fourth-order valence-electron chi connectivity index (χ4n) is 4.30. The second-order valence-corrected chi connectivity index (χ2v) is 8.63. The standard InChI is InChI=1S/C23H20ClF6N3/c24-15-1-6-19-20(12-15)32-8-7-21(19)33(17-4-2-16(31)3-5-17)18-10-13(22(25,26)27)9-14(11-18)23(28,29)30/h1,6-12,16-17H,2-5,31H2. The van der Waals surface area contributed by atoms with E-state index < -0.39 is 23.5 Å². The number of pyridine rings is 1. The smallest absolute Gasteiger partial charge is 0.338 e. The summed E-state index contributed by atoms with van der Waals surface area (Å²) >= 11 is 6.06. The van der Waals surface area contributed by atoms with Crippen LogP contribution in [0.4, 0.5) is 37.7 Å². The van der Waals surface area contributed by atoms with Gasteiger partial charge in [-0.1, -0.05) is 11.6 Å². The zero-order valence-corrected chi connectivity index (χ0v) is 18.0. The van der Waals surface area contributed by atoms with Crippen LogP contribution in [0.15, 0.2) is 48.7 Å². The van der Waals surface area contributed by atoms with Crippen molar-refractivity contribution in [2.24, 2.45) is 5.73 Å². The molecule has 33 heavy (non-hydrogen) atoms. The molecule has 2 N–H and O–H groups in total. The van der Waals surface area contributed by atoms with Crippen molar-refractivity contribution in [3.05, 3.63) is 64.8 Å². The number of alkyl halides is 6. The molecule has 1 heterocycles. The van der Waals surface area contributed by atoms with Crippen LogP contribution in [-0.4, -0.2) is 17.1 Å². The van der Waals surface area contributed by atoms with E-state index in [1.165, 1.54) is 6.20 Å². The molecular weight excluding hydrogens is 468 g/mol. The lowest BCUT2D eigenvalue weighted by atomic mass is 9.89. The van der Waals surface area contributed by atoms with Crippen molar-refractivity contribution in [3.63, 3.8) is 0 Å². The van der Waals surface area contributed by atoms with Gasteiger partial charge < -0.3 is 10.6 Å². The molecule has 0 radical (unpaired) electrons. The minimum atomic E-state index is -4.94. The Labute approximate surface area is 191 Å². The molecule has 0 unspecified atom stereocenters. The van der Waals surface area contributed by atoms with Crippen LogP contribution >= 0.6 is 11.6 Å². The topological polar surface area (TPSA) is 42.1 Å². The van der Waals surface area contributed by atoms with Crippen LogP contribution in [0, 0.1) is 0 Å². The molecule has 0 atom stereocenters. The Balaban J connectivity index is 1.95. The molecule has 10 heteroatoms. The van der Waals surface area contributed by atoms with Crippen molar-refractivity contribution in [1.29, 1.82) is 0 Å². The highest BCUT2D eigenvalue weighted by Gasteiger charge is 2.38. The number of fused-ring (bicyclic) bond motifs is 1. The van der Waals surface area contributed by atoms with E-state index in [4.69, 9.17) is 17.3 Å². The van der Waals surface area contributed by atoms with Gasteiger partial charge in [-0.2, -0.15) is 26.3 Å². The molecule has 2 aromatic carbocycles. The second-order valence-electron chi connectivity index (χ2n) is 8.19. The molecule has 0 aliphatic heterocycles. The molecule has 0 amide bonds. The Kier molecular flexibility index (Phi) is 6.22. The zero-order chi connectivity index (χ0) is 24.0. The van der Waals surface area contributed by atoms with E-state index in [-0.39, 0.29) is 23.8 Å². The van der Waals surface area contributed by atoms with Crippen molar-refractivity contribution in [2.45, 2.75) is 50.1 Å². The summed E-state index contributed by atoms with van der Waals surface area (Å²) in [6.45, 7) is 0. The lowest BCUT2D eigenvalue weighted by molar-refractivity contribution is -0.143. The zero-order valence-electron chi connectivity index (χ0n) is 17.2. The number of aromatic nitrogens is 1. The number of hydrogen-bond acceptors (Lipinski definition) is 3. The summed E-state index contributed by atoms with van der Waals surface area (Å²) in [5.74, 6) is 0. The third-order valence-electron chi connectivity index (χ3n) is 5.90. The molecule has 1 saturated carbocycles. The number of nitrogens with two attached hydrogens (primary N) is 1. The van der Waals surface area contributed by atoms with Gasteiger partial charge in [0.1, 0.15) is 0 Å². The van der Waals surface area contributed by atoms with E-state index in [9.17, 15) is 26.3 Å². The van der Waals surface area contributed by atoms with Gasteiger partial charge >= 0.3 is 12.4 Å². The van der Waals surface area contributed by atoms with Crippen molar-refractivity contribution in [2.75, 3.05) is 4.90 Å². The number of benzene rings is 2. The lowest BCUT2D eigenvalue weighted by Gasteiger charge is -2.38.